The highest BCUT2D eigenvalue weighted by molar-refractivity contribution is 8.00. The van der Waals surface area contributed by atoms with Crippen LogP contribution in [0.15, 0.2) is 82.8 Å². The molecule has 1 fully saturated rings. The number of hydrogen-bond donors (Lipinski definition) is 1. The molecule has 3 aromatic rings. The molecule has 1 aliphatic heterocycles. The maximum atomic E-state index is 13.2. The monoisotopic (exact) mass is 496 g/mol. The minimum atomic E-state index is -3.59. The van der Waals surface area contributed by atoms with Gasteiger partial charge in [-0.1, -0.05) is 59.8 Å². The lowest BCUT2D eigenvalue weighted by Crippen LogP contribution is -2.47. The van der Waals surface area contributed by atoms with Gasteiger partial charge in [-0.25, -0.2) is 13.4 Å². The standard InChI is InChI=1S/C25H28N4O3S2/c1-19-8-10-21(11-9-19)27-25(30)24(20-6-4-3-5-7-20)33-23-13-12-22(18-26-23)34(31,32)29-16-14-28(2)15-17-29/h3-13,18,24H,14-17H2,1-2H3,(H,27,30)/t24-/m1/s1. The van der Waals surface area contributed by atoms with Crippen molar-refractivity contribution in [3.63, 3.8) is 0 Å². The number of piperazine rings is 1. The summed E-state index contributed by atoms with van der Waals surface area (Å²) in [7, 11) is -1.61. The fourth-order valence-corrected chi connectivity index (χ4v) is 5.96. The zero-order valence-electron chi connectivity index (χ0n) is 19.2. The molecule has 1 atom stereocenters. The highest BCUT2D eigenvalue weighted by atomic mass is 32.2. The first-order valence-corrected chi connectivity index (χ1v) is 13.4. The first-order chi connectivity index (χ1) is 16.3. The minimum absolute atomic E-state index is 0.168. The Bertz CT molecular complexity index is 1210. The number of aryl methyl sites for hydroxylation is 1. The van der Waals surface area contributed by atoms with E-state index in [1.807, 2.05) is 68.6 Å². The van der Waals surface area contributed by atoms with Crippen molar-refractivity contribution in [2.45, 2.75) is 22.1 Å². The number of likely N-dealkylation sites (N-methyl/N-ethyl adjacent to an activating group) is 1. The van der Waals surface area contributed by atoms with Crippen molar-refractivity contribution >= 4 is 33.4 Å². The van der Waals surface area contributed by atoms with Crippen LogP contribution in [0.1, 0.15) is 16.4 Å². The van der Waals surface area contributed by atoms with E-state index in [0.29, 0.717) is 31.2 Å². The van der Waals surface area contributed by atoms with Crippen molar-refractivity contribution in [1.29, 1.82) is 0 Å². The number of rotatable bonds is 7. The largest absolute Gasteiger partial charge is 0.325 e. The molecule has 1 saturated heterocycles. The molecule has 7 nitrogen and oxygen atoms in total. The molecule has 1 N–H and O–H groups in total. The number of hydrogen-bond acceptors (Lipinski definition) is 6. The topological polar surface area (TPSA) is 82.6 Å². The van der Waals surface area contributed by atoms with E-state index in [4.69, 9.17) is 0 Å². The summed E-state index contributed by atoms with van der Waals surface area (Å²) in [6.07, 6.45) is 1.38. The van der Waals surface area contributed by atoms with E-state index in [2.05, 4.69) is 15.2 Å². The van der Waals surface area contributed by atoms with E-state index in [9.17, 15) is 13.2 Å². The summed E-state index contributed by atoms with van der Waals surface area (Å²) < 4.78 is 27.5. The van der Waals surface area contributed by atoms with Gasteiger partial charge in [0, 0.05) is 38.1 Å². The van der Waals surface area contributed by atoms with Crippen LogP contribution >= 0.6 is 11.8 Å². The van der Waals surface area contributed by atoms with Gasteiger partial charge in [0.1, 0.15) is 10.1 Å². The van der Waals surface area contributed by atoms with Gasteiger partial charge in [-0.15, -0.1) is 0 Å². The first kappa shape index (κ1) is 24.4. The van der Waals surface area contributed by atoms with Crippen LogP contribution in [0, 0.1) is 6.92 Å². The summed E-state index contributed by atoms with van der Waals surface area (Å²) in [4.78, 5) is 19.9. The van der Waals surface area contributed by atoms with Crippen LogP contribution in [0.3, 0.4) is 0 Å². The van der Waals surface area contributed by atoms with Gasteiger partial charge in [-0.2, -0.15) is 4.31 Å². The van der Waals surface area contributed by atoms with Crippen molar-refractivity contribution in [2.75, 3.05) is 38.5 Å². The van der Waals surface area contributed by atoms with E-state index >= 15 is 0 Å². The molecule has 178 valence electrons. The fraction of sp³-hybridized carbons (Fsp3) is 0.280. The quantitative estimate of drug-likeness (QED) is 0.501. The summed E-state index contributed by atoms with van der Waals surface area (Å²) in [5.74, 6) is -0.170. The molecular weight excluding hydrogens is 468 g/mol. The van der Waals surface area contributed by atoms with Gasteiger partial charge < -0.3 is 10.2 Å². The molecule has 0 aliphatic carbocycles. The van der Waals surface area contributed by atoms with Gasteiger partial charge in [-0.05, 0) is 43.8 Å². The third kappa shape index (κ3) is 5.85. The molecule has 0 saturated carbocycles. The van der Waals surface area contributed by atoms with E-state index in [1.54, 1.807) is 12.1 Å². The molecule has 9 heteroatoms. The minimum Gasteiger partial charge on any atom is -0.325 e. The molecule has 2 heterocycles. The number of sulfonamides is 1. The normalized spacial score (nSPS) is 16.2. The number of carbonyl (C=O) groups is 1. The predicted molar refractivity (Wildman–Crippen MR) is 135 cm³/mol. The Labute approximate surface area is 205 Å². The molecule has 0 spiro atoms. The van der Waals surface area contributed by atoms with Gasteiger partial charge in [0.2, 0.25) is 15.9 Å². The van der Waals surface area contributed by atoms with Gasteiger partial charge in [0.05, 0.1) is 5.03 Å². The Morgan fingerprint density at radius 1 is 0.971 bits per heavy atom. The summed E-state index contributed by atoms with van der Waals surface area (Å²) in [5, 5.41) is 3.00. The number of benzene rings is 2. The molecule has 4 rings (SSSR count). The van der Waals surface area contributed by atoms with Crippen LogP contribution < -0.4 is 5.32 Å². The number of anilines is 1. The summed E-state index contributed by atoms with van der Waals surface area (Å²) in [5.41, 5.74) is 2.68. The van der Waals surface area contributed by atoms with E-state index in [-0.39, 0.29) is 10.8 Å². The zero-order valence-corrected chi connectivity index (χ0v) is 20.8. The lowest BCUT2D eigenvalue weighted by molar-refractivity contribution is -0.115. The van der Waals surface area contributed by atoms with Gasteiger partial charge in [0.25, 0.3) is 0 Å². The lowest BCUT2D eigenvalue weighted by Gasteiger charge is -2.31. The second-order valence-electron chi connectivity index (χ2n) is 8.30. The summed E-state index contributed by atoms with van der Waals surface area (Å²) in [6, 6.07) is 20.4. The molecule has 1 aromatic heterocycles. The molecule has 1 aliphatic rings. The van der Waals surface area contributed by atoms with Gasteiger partial charge >= 0.3 is 0 Å². The third-order valence-corrected chi connectivity index (χ3v) is 8.79. The zero-order chi connectivity index (χ0) is 24.1. The third-order valence-electron chi connectivity index (χ3n) is 5.71. The van der Waals surface area contributed by atoms with Crippen LogP contribution in [0.2, 0.25) is 0 Å². The highest BCUT2D eigenvalue weighted by Crippen LogP contribution is 2.35. The van der Waals surface area contributed by atoms with Gasteiger partial charge in [-0.3, -0.25) is 4.79 Å². The van der Waals surface area contributed by atoms with Crippen LogP contribution in [-0.4, -0.2) is 61.7 Å². The number of nitrogens with zero attached hydrogens (tertiary/aromatic N) is 3. The summed E-state index contributed by atoms with van der Waals surface area (Å²) >= 11 is 1.29. The first-order valence-electron chi connectivity index (χ1n) is 11.1. The second-order valence-corrected chi connectivity index (χ2v) is 11.4. The SMILES string of the molecule is Cc1ccc(NC(=O)[C@H](Sc2ccc(S(=O)(=O)N3CCN(C)CC3)cn2)c2ccccc2)cc1. The molecule has 0 unspecified atom stereocenters. The van der Waals surface area contributed by atoms with Crippen molar-refractivity contribution in [3.05, 3.63) is 84.1 Å². The van der Waals surface area contributed by atoms with Crippen LogP contribution in [0.4, 0.5) is 5.69 Å². The van der Waals surface area contributed by atoms with Crippen LogP contribution in [0.5, 0.6) is 0 Å². The highest BCUT2D eigenvalue weighted by Gasteiger charge is 2.28. The smallest absolute Gasteiger partial charge is 0.244 e. The van der Waals surface area contributed by atoms with Crippen molar-refractivity contribution in [3.8, 4) is 0 Å². The number of amides is 1. The molecule has 0 bridgehead atoms. The predicted octanol–water partition coefficient (Wildman–Crippen LogP) is 3.80. The number of aromatic nitrogens is 1. The Balaban J connectivity index is 1.52. The number of carbonyl (C=O) groups excluding carboxylic acids is 1. The maximum absolute atomic E-state index is 13.2. The number of pyridine rings is 1. The van der Waals surface area contributed by atoms with E-state index < -0.39 is 15.3 Å². The number of nitrogens with one attached hydrogen (secondary N) is 1. The maximum Gasteiger partial charge on any atom is 0.244 e. The molecule has 34 heavy (non-hydrogen) atoms. The van der Waals surface area contributed by atoms with E-state index in [0.717, 1.165) is 16.8 Å². The van der Waals surface area contributed by atoms with Crippen LogP contribution in [-0.2, 0) is 14.8 Å². The fourth-order valence-electron chi connectivity index (χ4n) is 3.63. The Hall–Kier alpha value is -2.72. The summed E-state index contributed by atoms with van der Waals surface area (Å²) in [6.45, 7) is 4.33. The average molecular weight is 497 g/mol. The number of thioether (sulfide) groups is 1. The lowest BCUT2D eigenvalue weighted by atomic mass is 10.1. The van der Waals surface area contributed by atoms with Crippen molar-refractivity contribution < 1.29 is 13.2 Å². The van der Waals surface area contributed by atoms with Crippen LogP contribution in [0.25, 0.3) is 0 Å². The Morgan fingerprint density at radius 3 is 2.26 bits per heavy atom. The molecular formula is C25H28N4O3S2. The molecule has 2 aromatic carbocycles. The molecule has 0 radical (unpaired) electrons. The van der Waals surface area contributed by atoms with Crippen molar-refractivity contribution in [1.82, 2.24) is 14.2 Å². The van der Waals surface area contributed by atoms with E-state index in [1.165, 1.54) is 22.3 Å². The average Bonchev–Trinajstić information content (AvgIpc) is 2.85. The Kier molecular flexibility index (Phi) is 7.67. The van der Waals surface area contributed by atoms with Crippen molar-refractivity contribution in [2.24, 2.45) is 0 Å². The molecule has 1 amide bonds. The second kappa shape index (κ2) is 10.7. The Morgan fingerprint density at radius 2 is 1.65 bits per heavy atom. The van der Waals surface area contributed by atoms with Gasteiger partial charge in [0.15, 0.2) is 0 Å².